The highest BCUT2D eigenvalue weighted by Gasteiger charge is 2.34. The molecule has 4 nitrogen and oxygen atoms in total. The van der Waals surface area contributed by atoms with E-state index in [9.17, 15) is 9.59 Å². The van der Waals surface area contributed by atoms with Crippen LogP contribution in [0.25, 0.3) is 0 Å². The maximum absolute atomic E-state index is 12.8. The lowest BCUT2D eigenvalue weighted by Crippen LogP contribution is -2.24. The van der Waals surface area contributed by atoms with E-state index in [2.05, 4.69) is 12.2 Å². The van der Waals surface area contributed by atoms with Gasteiger partial charge in [-0.15, -0.1) is 0 Å². The highest BCUT2D eigenvalue weighted by molar-refractivity contribution is 6.32. The van der Waals surface area contributed by atoms with Crippen LogP contribution in [0.5, 0.6) is 0 Å². The highest BCUT2D eigenvalue weighted by Crippen LogP contribution is 2.37. The molecule has 0 amide bonds. The van der Waals surface area contributed by atoms with Gasteiger partial charge in [-0.25, -0.2) is 0 Å². The lowest BCUT2D eigenvalue weighted by atomic mass is 9.81. The summed E-state index contributed by atoms with van der Waals surface area (Å²) in [7, 11) is 1.75. The fourth-order valence-corrected chi connectivity index (χ4v) is 3.05. The molecule has 0 saturated heterocycles. The lowest BCUT2D eigenvalue weighted by molar-refractivity contribution is 0.0980. The van der Waals surface area contributed by atoms with E-state index in [1.165, 1.54) is 0 Å². The third-order valence-electron chi connectivity index (χ3n) is 4.11. The Morgan fingerprint density at radius 3 is 2.18 bits per heavy atom. The number of hydrogen-bond donors (Lipinski definition) is 2. The highest BCUT2D eigenvalue weighted by atomic mass is 16.1. The third-order valence-corrected chi connectivity index (χ3v) is 4.11. The predicted molar refractivity (Wildman–Crippen MR) is 87.7 cm³/mol. The Morgan fingerprint density at radius 1 is 1.05 bits per heavy atom. The van der Waals surface area contributed by atoms with Gasteiger partial charge in [0.25, 0.3) is 0 Å². The smallest absolute Gasteiger partial charge is 0.196 e. The number of fused-ring (bicyclic) bond motifs is 2. The number of hydrogen-bond acceptors (Lipinski definition) is 4. The molecular formula is C18H18N2O2. The van der Waals surface area contributed by atoms with E-state index in [-0.39, 0.29) is 11.6 Å². The number of rotatable bonds is 3. The van der Waals surface area contributed by atoms with Crippen molar-refractivity contribution in [3.63, 3.8) is 0 Å². The van der Waals surface area contributed by atoms with Crippen LogP contribution in [-0.4, -0.2) is 18.6 Å². The maximum atomic E-state index is 12.8. The van der Waals surface area contributed by atoms with Crippen LogP contribution < -0.4 is 11.1 Å². The molecule has 0 spiro atoms. The number of carbonyl (C=O) groups excluding carboxylic acids is 2. The van der Waals surface area contributed by atoms with Gasteiger partial charge in [-0.05, 0) is 18.1 Å². The van der Waals surface area contributed by atoms with E-state index in [4.69, 9.17) is 5.73 Å². The van der Waals surface area contributed by atoms with Gasteiger partial charge in [0.05, 0.1) is 11.1 Å². The first-order chi connectivity index (χ1) is 10.6. The number of benzene rings is 2. The van der Waals surface area contributed by atoms with Gasteiger partial charge in [-0.2, -0.15) is 0 Å². The predicted octanol–water partition coefficient (Wildman–Crippen LogP) is 3.04. The summed E-state index contributed by atoms with van der Waals surface area (Å²) in [5.41, 5.74) is 9.85. The average molecular weight is 294 g/mol. The van der Waals surface area contributed by atoms with Crippen LogP contribution in [-0.2, 0) is 6.42 Å². The number of nitrogens with one attached hydrogen (secondary N) is 1. The second-order valence-electron chi connectivity index (χ2n) is 5.45. The van der Waals surface area contributed by atoms with Crippen LogP contribution in [0.4, 0.5) is 11.4 Å². The largest absolute Gasteiger partial charge is 0.398 e. The van der Waals surface area contributed by atoms with Crippen molar-refractivity contribution in [3.8, 4) is 0 Å². The standard InChI is InChI=1S/C18H18N2O2/c1-3-6-10-9-13(20-2)14-15(16(10)19)18(22)12-8-5-4-7-11(12)17(14)21/h4-5,7-9,20H,3,6,19H2,1-2H3. The fraction of sp³-hybridized carbons (Fsp3) is 0.222. The molecule has 0 saturated carbocycles. The second kappa shape index (κ2) is 5.30. The van der Waals surface area contributed by atoms with Crippen molar-refractivity contribution in [2.24, 2.45) is 0 Å². The second-order valence-corrected chi connectivity index (χ2v) is 5.45. The molecule has 112 valence electrons. The number of nitrogen functional groups attached to an aromatic ring is 1. The van der Waals surface area contributed by atoms with Gasteiger partial charge in [0.2, 0.25) is 0 Å². The fourth-order valence-electron chi connectivity index (χ4n) is 3.05. The van der Waals surface area contributed by atoms with Gasteiger partial charge in [0.1, 0.15) is 0 Å². The molecule has 0 atom stereocenters. The average Bonchev–Trinajstić information content (AvgIpc) is 2.54. The van der Waals surface area contributed by atoms with Crippen molar-refractivity contribution in [1.29, 1.82) is 0 Å². The van der Waals surface area contributed by atoms with E-state index in [1.807, 2.05) is 6.07 Å². The molecule has 0 aromatic heterocycles. The summed E-state index contributed by atoms with van der Waals surface area (Å²) in [5, 5.41) is 3.03. The molecule has 3 rings (SSSR count). The van der Waals surface area contributed by atoms with E-state index in [1.54, 1.807) is 31.3 Å². The Hall–Kier alpha value is -2.62. The summed E-state index contributed by atoms with van der Waals surface area (Å²) >= 11 is 0. The van der Waals surface area contributed by atoms with E-state index in [0.29, 0.717) is 33.6 Å². The molecule has 0 unspecified atom stereocenters. The van der Waals surface area contributed by atoms with Crippen molar-refractivity contribution >= 4 is 22.9 Å². The minimum Gasteiger partial charge on any atom is -0.398 e. The zero-order chi connectivity index (χ0) is 15.9. The first kappa shape index (κ1) is 14.3. The van der Waals surface area contributed by atoms with Gasteiger partial charge in [-0.3, -0.25) is 9.59 Å². The van der Waals surface area contributed by atoms with Gasteiger partial charge < -0.3 is 11.1 Å². The molecule has 0 aliphatic heterocycles. The number of aryl methyl sites for hydroxylation is 1. The number of ketones is 2. The molecule has 3 N–H and O–H groups in total. The molecule has 0 heterocycles. The SMILES string of the molecule is CCCc1cc(NC)c2c(c1N)C(=O)c1ccccc1C2=O. The zero-order valence-electron chi connectivity index (χ0n) is 12.7. The lowest BCUT2D eigenvalue weighted by Gasteiger charge is -2.23. The van der Waals surface area contributed by atoms with Crippen LogP contribution in [0.15, 0.2) is 30.3 Å². The topological polar surface area (TPSA) is 72.2 Å². The van der Waals surface area contributed by atoms with E-state index >= 15 is 0 Å². The van der Waals surface area contributed by atoms with Crippen LogP contribution in [0.3, 0.4) is 0 Å². The van der Waals surface area contributed by atoms with Gasteiger partial charge in [0, 0.05) is 29.5 Å². The van der Waals surface area contributed by atoms with Crippen LogP contribution in [0, 0.1) is 0 Å². The minimum atomic E-state index is -0.169. The summed E-state index contributed by atoms with van der Waals surface area (Å²) in [5.74, 6) is -0.318. The van der Waals surface area contributed by atoms with Gasteiger partial charge in [-0.1, -0.05) is 37.6 Å². The number of anilines is 2. The van der Waals surface area contributed by atoms with Gasteiger partial charge >= 0.3 is 0 Å². The molecule has 1 aliphatic rings. The van der Waals surface area contributed by atoms with Crippen LogP contribution in [0.1, 0.15) is 50.8 Å². The first-order valence-corrected chi connectivity index (χ1v) is 7.41. The quantitative estimate of drug-likeness (QED) is 0.728. The monoisotopic (exact) mass is 294 g/mol. The van der Waals surface area contributed by atoms with Crippen LogP contribution >= 0.6 is 0 Å². The van der Waals surface area contributed by atoms with E-state index < -0.39 is 0 Å². The molecule has 4 heteroatoms. The summed E-state index contributed by atoms with van der Waals surface area (Å²) < 4.78 is 0. The molecule has 2 aromatic carbocycles. The molecule has 2 aromatic rings. The Balaban J connectivity index is 2.34. The van der Waals surface area contributed by atoms with Crippen molar-refractivity contribution in [2.75, 3.05) is 18.1 Å². The maximum Gasteiger partial charge on any atom is 0.196 e. The first-order valence-electron chi connectivity index (χ1n) is 7.41. The number of nitrogens with two attached hydrogens (primary N) is 1. The summed E-state index contributed by atoms with van der Waals surface area (Å²) in [4.78, 5) is 25.6. The van der Waals surface area contributed by atoms with Crippen molar-refractivity contribution < 1.29 is 9.59 Å². The Bertz CT molecular complexity index is 794. The third kappa shape index (κ3) is 1.91. The van der Waals surface area contributed by atoms with Crippen LogP contribution in [0.2, 0.25) is 0 Å². The zero-order valence-corrected chi connectivity index (χ0v) is 12.7. The Labute approximate surface area is 129 Å². The molecule has 22 heavy (non-hydrogen) atoms. The molecule has 1 aliphatic carbocycles. The van der Waals surface area contributed by atoms with Crippen molar-refractivity contribution in [1.82, 2.24) is 0 Å². The Morgan fingerprint density at radius 2 is 1.64 bits per heavy atom. The summed E-state index contributed by atoms with van der Waals surface area (Å²) in [6, 6.07) is 8.79. The van der Waals surface area contributed by atoms with Crippen molar-refractivity contribution in [2.45, 2.75) is 19.8 Å². The summed E-state index contributed by atoms with van der Waals surface area (Å²) in [6.45, 7) is 2.06. The van der Waals surface area contributed by atoms with Crippen molar-refractivity contribution in [3.05, 3.63) is 58.1 Å². The number of carbonyl (C=O) groups is 2. The molecule has 0 bridgehead atoms. The molecular weight excluding hydrogens is 276 g/mol. The van der Waals surface area contributed by atoms with E-state index in [0.717, 1.165) is 18.4 Å². The minimum absolute atomic E-state index is 0.149. The molecule has 0 fully saturated rings. The normalized spacial score (nSPS) is 12.8. The molecule has 0 radical (unpaired) electrons. The van der Waals surface area contributed by atoms with Gasteiger partial charge in [0.15, 0.2) is 11.6 Å². The Kier molecular flexibility index (Phi) is 3.45. The summed E-state index contributed by atoms with van der Waals surface area (Å²) in [6.07, 6.45) is 1.70.